The Hall–Kier alpha value is -3.88. The smallest absolute Gasteiger partial charge is 0.304 e. The molecule has 0 aliphatic heterocycles. The van der Waals surface area contributed by atoms with Gasteiger partial charge >= 0.3 is 5.97 Å². The molecule has 46 heavy (non-hydrogen) atoms. The van der Waals surface area contributed by atoms with Crippen molar-refractivity contribution < 1.29 is 19.4 Å². The summed E-state index contributed by atoms with van der Waals surface area (Å²) in [5.74, 6) is 7.91. The van der Waals surface area contributed by atoms with E-state index in [1.165, 1.54) is 11.1 Å². The molecular formula is C41H53NO4. The second-order valence-electron chi connectivity index (χ2n) is 12.4. The molecule has 0 saturated carbocycles. The molecule has 5 heteroatoms. The van der Waals surface area contributed by atoms with Gasteiger partial charge in [0.25, 0.3) is 0 Å². The first-order chi connectivity index (χ1) is 22.4. The van der Waals surface area contributed by atoms with Crippen molar-refractivity contribution in [3.05, 3.63) is 101 Å². The largest absolute Gasteiger partial charge is 0.497 e. The number of aliphatic carboxylic acids is 1. The van der Waals surface area contributed by atoms with Crippen molar-refractivity contribution in [1.82, 2.24) is 5.32 Å². The maximum atomic E-state index is 13.3. The molecule has 0 spiro atoms. The highest BCUT2D eigenvalue weighted by atomic mass is 16.5. The lowest BCUT2D eigenvalue weighted by molar-refractivity contribution is -0.136. The lowest BCUT2D eigenvalue weighted by Crippen LogP contribution is -2.23. The van der Waals surface area contributed by atoms with Crippen molar-refractivity contribution in [1.29, 1.82) is 0 Å². The molecule has 0 radical (unpaired) electrons. The number of carbonyl (C=O) groups excluding carboxylic acids is 1. The summed E-state index contributed by atoms with van der Waals surface area (Å²) in [5.41, 5.74) is 4.52. The summed E-state index contributed by atoms with van der Waals surface area (Å²) >= 11 is 0. The van der Waals surface area contributed by atoms with Gasteiger partial charge in [-0.25, -0.2) is 0 Å². The summed E-state index contributed by atoms with van der Waals surface area (Å²) < 4.78 is 5.26. The average Bonchev–Trinajstić information content (AvgIpc) is 3.07. The van der Waals surface area contributed by atoms with Crippen LogP contribution < -0.4 is 10.1 Å². The Kier molecular flexibility index (Phi) is 16.7. The number of hydrogen-bond donors (Lipinski definition) is 2. The van der Waals surface area contributed by atoms with Crippen LogP contribution >= 0.6 is 0 Å². The van der Waals surface area contributed by atoms with E-state index in [1.54, 1.807) is 7.11 Å². The highest BCUT2D eigenvalue weighted by molar-refractivity contribution is 5.80. The highest BCUT2D eigenvalue weighted by Crippen LogP contribution is 2.33. The minimum atomic E-state index is -0.780. The molecule has 3 aromatic rings. The second kappa shape index (κ2) is 21.0. The van der Waals surface area contributed by atoms with Gasteiger partial charge in [-0.2, -0.15) is 0 Å². The van der Waals surface area contributed by atoms with Gasteiger partial charge in [-0.15, -0.1) is 0 Å². The SMILES string of the molecule is CCCCC(CCCC(C)C(CCNCCC(=O)O)c1ccc(C#Cc2ccccc2)cc1)C(=O)CCCc1ccc(OC)cc1. The zero-order valence-corrected chi connectivity index (χ0v) is 28.1. The lowest BCUT2D eigenvalue weighted by atomic mass is 9.80. The minimum absolute atomic E-state index is 0.127. The van der Waals surface area contributed by atoms with Crippen LogP contribution in [-0.2, 0) is 16.0 Å². The van der Waals surface area contributed by atoms with E-state index < -0.39 is 5.97 Å². The third-order valence-electron chi connectivity index (χ3n) is 8.92. The van der Waals surface area contributed by atoms with Gasteiger partial charge in [-0.05, 0) is 98.0 Å². The molecule has 0 fully saturated rings. The number of benzene rings is 3. The molecule has 3 atom stereocenters. The Morgan fingerprint density at radius 1 is 0.783 bits per heavy atom. The number of ketones is 1. The molecule has 3 rings (SSSR count). The Morgan fingerprint density at radius 3 is 2.11 bits per heavy atom. The van der Waals surface area contributed by atoms with Crippen LogP contribution in [0.5, 0.6) is 5.75 Å². The summed E-state index contributed by atoms with van der Waals surface area (Å²) in [6.45, 7) is 5.76. The summed E-state index contributed by atoms with van der Waals surface area (Å²) in [4.78, 5) is 24.3. The van der Waals surface area contributed by atoms with Crippen LogP contribution in [0, 0.1) is 23.7 Å². The standard InChI is InChI=1S/C41H53NO4/c1-4-5-15-37(40(43)17-10-14-34-22-26-38(46-3)27-23-34)16-9-11-32(2)39(28-30-42-31-29-41(44)45)36-24-20-35(21-25-36)19-18-33-12-7-6-8-13-33/h6-8,12-13,20-27,32,37,39,42H,4-5,9-11,14-17,28-31H2,1-3H3,(H,44,45). The number of carboxylic acids is 1. The Morgan fingerprint density at radius 2 is 1.46 bits per heavy atom. The van der Waals surface area contributed by atoms with Crippen LogP contribution in [0.3, 0.4) is 0 Å². The third kappa shape index (κ3) is 13.6. The minimum Gasteiger partial charge on any atom is -0.497 e. The number of carboxylic acid groups (broad SMARTS) is 1. The summed E-state index contributed by atoms with van der Waals surface area (Å²) in [6, 6.07) is 26.8. The van der Waals surface area contributed by atoms with Crippen molar-refractivity contribution >= 4 is 11.8 Å². The summed E-state index contributed by atoms with van der Waals surface area (Å²) in [5, 5.41) is 12.3. The molecule has 0 aliphatic rings. The average molecular weight is 624 g/mol. The van der Waals surface area contributed by atoms with Crippen LogP contribution in [-0.4, -0.2) is 37.1 Å². The van der Waals surface area contributed by atoms with Gasteiger partial charge < -0.3 is 15.2 Å². The zero-order chi connectivity index (χ0) is 33.0. The van der Waals surface area contributed by atoms with E-state index in [-0.39, 0.29) is 12.3 Å². The molecule has 2 N–H and O–H groups in total. The van der Waals surface area contributed by atoms with E-state index in [9.17, 15) is 9.59 Å². The first-order valence-corrected chi connectivity index (χ1v) is 17.1. The van der Waals surface area contributed by atoms with Crippen molar-refractivity contribution in [2.75, 3.05) is 20.2 Å². The summed E-state index contributed by atoms with van der Waals surface area (Å²) in [7, 11) is 1.67. The maximum absolute atomic E-state index is 13.3. The van der Waals surface area contributed by atoms with Gasteiger partial charge in [0.15, 0.2) is 0 Å². The molecule has 3 aromatic carbocycles. The number of ether oxygens (including phenoxy) is 1. The van der Waals surface area contributed by atoms with Crippen molar-refractivity contribution in [3.8, 4) is 17.6 Å². The monoisotopic (exact) mass is 623 g/mol. The van der Waals surface area contributed by atoms with Gasteiger partial charge in [0.2, 0.25) is 0 Å². The molecule has 3 unspecified atom stereocenters. The molecule has 0 heterocycles. The molecule has 246 valence electrons. The normalized spacial score (nSPS) is 12.8. The first kappa shape index (κ1) is 36.6. The molecule has 0 bridgehead atoms. The van der Waals surface area contributed by atoms with Crippen LogP contribution in [0.1, 0.15) is 106 Å². The predicted octanol–water partition coefficient (Wildman–Crippen LogP) is 8.84. The van der Waals surface area contributed by atoms with E-state index in [2.05, 4.69) is 67.4 Å². The van der Waals surface area contributed by atoms with Crippen molar-refractivity contribution in [2.45, 2.75) is 90.4 Å². The van der Waals surface area contributed by atoms with E-state index >= 15 is 0 Å². The number of methoxy groups -OCH3 is 1. The quantitative estimate of drug-likeness (QED) is 0.0916. The molecule has 0 aliphatic carbocycles. The number of carbonyl (C=O) groups is 2. The predicted molar refractivity (Wildman–Crippen MR) is 188 cm³/mol. The third-order valence-corrected chi connectivity index (χ3v) is 8.92. The van der Waals surface area contributed by atoms with E-state index in [0.29, 0.717) is 30.6 Å². The Balaban J connectivity index is 1.58. The van der Waals surface area contributed by atoms with Gasteiger partial charge in [-0.3, -0.25) is 9.59 Å². The van der Waals surface area contributed by atoms with Crippen LogP contribution in [0.4, 0.5) is 0 Å². The van der Waals surface area contributed by atoms with Gasteiger partial charge in [0.05, 0.1) is 13.5 Å². The molecular weight excluding hydrogens is 570 g/mol. The number of unbranched alkanes of at least 4 members (excludes halogenated alkanes) is 1. The topological polar surface area (TPSA) is 75.6 Å². The van der Waals surface area contributed by atoms with Crippen molar-refractivity contribution in [2.24, 2.45) is 11.8 Å². The number of Topliss-reactive ketones (excluding diaryl/α,β-unsaturated/α-hetero) is 1. The fraction of sp³-hybridized carbons (Fsp3) is 0.463. The molecule has 0 aromatic heterocycles. The van der Waals surface area contributed by atoms with E-state index in [0.717, 1.165) is 81.2 Å². The highest BCUT2D eigenvalue weighted by Gasteiger charge is 2.22. The first-order valence-electron chi connectivity index (χ1n) is 17.1. The number of rotatable bonds is 21. The second-order valence-corrected chi connectivity index (χ2v) is 12.4. The zero-order valence-electron chi connectivity index (χ0n) is 28.1. The fourth-order valence-corrected chi connectivity index (χ4v) is 6.10. The molecule has 0 saturated heterocycles. The Labute approximate surface area is 277 Å². The number of aryl methyl sites for hydroxylation is 1. The van der Waals surface area contributed by atoms with E-state index in [1.807, 2.05) is 42.5 Å². The van der Waals surface area contributed by atoms with Crippen LogP contribution in [0.2, 0.25) is 0 Å². The van der Waals surface area contributed by atoms with Crippen LogP contribution in [0.25, 0.3) is 0 Å². The maximum Gasteiger partial charge on any atom is 0.304 e. The number of hydrogen-bond acceptors (Lipinski definition) is 4. The Bertz CT molecular complexity index is 1360. The lowest BCUT2D eigenvalue weighted by Gasteiger charge is -2.26. The summed E-state index contributed by atoms with van der Waals surface area (Å²) in [6.07, 6.45) is 9.70. The van der Waals surface area contributed by atoms with Gasteiger partial charge in [0, 0.05) is 30.0 Å². The van der Waals surface area contributed by atoms with Gasteiger partial charge in [-0.1, -0.05) is 93.8 Å². The van der Waals surface area contributed by atoms with E-state index in [4.69, 9.17) is 9.84 Å². The van der Waals surface area contributed by atoms with Gasteiger partial charge in [0.1, 0.15) is 11.5 Å². The number of nitrogens with one attached hydrogen (secondary N) is 1. The molecule has 0 amide bonds. The fourth-order valence-electron chi connectivity index (χ4n) is 6.10. The van der Waals surface area contributed by atoms with Crippen molar-refractivity contribution in [3.63, 3.8) is 0 Å². The molecule has 5 nitrogen and oxygen atoms in total. The van der Waals surface area contributed by atoms with Crippen LogP contribution in [0.15, 0.2) is 78.9 Å².